The third-order valence-corrected chi connectivity index (χ3v) is 2.23. The van der Waals surface area contributed by atoms with Gasteiger partial charge in [-0.3, -0.25) is 0 Å². The molecule has 1 rings (SSSR count). The standard InChI is InChI=1S/C7H15NO5.ClH/c1-8-4-6(11)5(10)3(2-9)13-7(4)12;/h3-12H,2H2,1H3;1H/t3-,4-,5-,6-,7?;/m1./s1. The Morgan fingerprint density at radius 3 is 2.21 bits per heavy atom. The third kappa shape index (κ3) is 2.54. The van der Waals surface area contributed by atoms with Crippen LogP contribution in [0.5, 0.6) is 0 Å². The summed E-state index contributed by atoms with van der Waals surface area (Å²) < 4.78 is 4.85. The molecule has 86 valence electrons. The Morgan fingerprint density at radius 1 is 1.21 bits per heavy atom. The molecule has 1 aliphatic rings. The van der Waals surface area contributed by atoms with Gasteiger partial charge in [0.05, 0.1) is 12.6 Å². The number of halogens is 1. The van der Waals surface area contributed by atoms with E-state index in [2.05, 4.69) is 5.32 Å². The molecule has 6 nitrogen and oxygen atoms in total. The summed E-state index contributed by atoms with van der Waals surface area (Å²) in [6.45, 7) is -0.439. The summed E-state index contributed by atoms with van der Waals surface area (Å²) in [5.74, 6) is 0. The van der Waals surface area contributed by atoms with Crippen LogP contribution in [0.3, 0.4) is 0 Å². The average molecular weight is 230 g/mol. The highest BCUT2D eigenvalue weighted by Crippen LogP contribution is 2.18. The molecule has 0 aromatic heterocycles. The number of hydrogen-bond acceptors (Lipinski definition) is 6. The molecule has 5 N–H and O–H groups in total. The zero-order chi connectivity index (χ0) is 10.0. The van der Waals surface area contributed by atoms with Gasteiger partial charge in [0, 0.05) is 0 Å². The zero-order valence-electron chi connectivity index (χ0n) is 7.70. The van der Waals surface area contributed by atoms with Gasteiger partial charge in [-0.2, -0.15) is 0 Å². The largest absolute Gasteiger partial charge is 0.394 e. The Hall–Kier alpha value is 0.0500. The van der Waals surface area contributed by atoms with Crippen LogP contribution in [0.25, 0.3) is 0 Å². The summed E-state index contributed by atoms with van der Waals surface area (Å²) in [4.78, 5) is 0. The maximum absolute atomic E-state index is 9.45. The third-order valence-electron chi connectivity index (χ3n) is 2.23. The van der Waals surface area contributed by atoms with Crippen molar-refractivity contribution in [1.29, 1.82) is 0 Å². The normalized spacial score (nSPS) is 43.1. The van der Waals surface area contributed by atoms with Gasteiger partial charge < -0.3 is 30.5 Å². The van der Waals surface area contributed by atoms with Crippen LogP contribution >= 0.6 is 12.4 Å². The first-order chi connectivity index (χ1) is 6.11. The lowest BCUT2D eigenvalue weighted by Gasteiger charge is -2.39. The second-order valence-corrected chi connectivity index (χ2v) is 3.04. The smallest absolute Gasteiger partial charge is 0.173 e. The molecule has 1 fully saturated rings. The molecule has 0 spiro atoms. The van der Waals surface area contributed by atoms with Crippen LogP contribution in [-0.2, 0) is 4.74 Å². The van der Waals surface area contributed by atoms with Crippen LogP contribution in [0.4, 0.5) is 0 Å². The molecule has 0 amide bonds. The Kier molecular flexibility index (Phi) is 5.84. The van der Waals surface area contributed by atoms with Crippen molar-refractivity contribution >= 4 is 12.4 Å². The first-order valence-corrected chi connectivity index (χ1v) is 4.09. The summed E-state index contributed by atoms with van der Waals surface area (Å²) >= 11 is 0. The molecule has 5 atom stereocenters. The highest BCUT2D eigenvalue weighted by molar-refractivity contribution is 5.85. The number of aliphatic hydroxyl groups is 4. The quantitative estimate of drug-likeness (QED) is 0.357. The first-order valence-electron chi connectivity index (χ1n) is 4.09. The van der Waals surface area contributed by atoms with Crippen LogP contribution in [0.15, 0.2) is 0 Å². The van der Waals surface area contributed by atoms with Crippen LogP contribution in [0.2, 0.25) is 0 Å². The van der Waals surface area contributed by atoms with Crippen molar-refractivity contribution in [1.82, 2.24) is 5.32 Å². The van der Waals surface area contributed by atoms with E-state index in [1.54, 1.807) is 0 Å². The second kappa shape index (κ2) is 5.82. The Balaban J connectivity index is 0.00000169. The number of likely N-dealkylation sites (N-methyl/N-ethyl adjacent to an activating group) is 1. The van der Waals surface area contributed by atoms with Gasteiger partial charge in [-0.05, 0) is 7.05 Å². The van der Waals surface area contributed by atoms with Crippen molar-refractivity contribution in [2.24, 2.45) is 0 Å². The topological polar surface area (TPSA) is 102 Å². The summed E-state index contributed by atoms with van der Waals surface area (Å²) in [5.41, 5.74) is 0. The lowest BCUT2D eigenvalue weighted by Crippen LogP contribution is -2.62. The van der Waals surface area contributed by atoms with Crippen molar-refractivity contribution in [2.75, 3.05) is 13.7 Å². The zero-order valence-corrected chi connectivity index (χ0v) is 8.52. The molecular weight excluding hydrogens is 214 g/mol. The molecule has 1 aliphatic heterocycles. The molecular formula is C7H16ClNO5. The minimum atomic E-state index is -1.22. The molecule has 0 radical (unpaired) electrons. The number of nitrogens with one attached hydrogen (secondary N) is 1. The maximum Gasteiger partial charge on any atom is 0.173 e. The van der Waals surface area contributed by atoms with E-state index in [1.807, 2.05) is 0 Å². The van der Waals surface area contributed by atoms with E-state index >= 15 is 0 Å². The van der Waals surface area contributed by atoms with Gasteiger partial charge >= 0.3 is 0 Å². The molecule has 1 heterocycles. The summed E-state index contributed by atoms with van der Waals surface area (Å²) in [6, 6.07) is -0.738. The van der Waals surface area contributed by atoms with Crippen molar-refractivity contribution in [2.45, 2.75) is 30.6 Å². The van der Waals surface area contributed by atoms with Gasteiger partial charge in [0.2, 0.25) is 0 Å². The van der Waals surface area contributed by atoms with Gasteiger partial charge in [-0.1, -0.05) is 0 Å². The second-order valence-electron chi connectivity index (χ2n) is 3.04. The summed E-state index contributed by atoms with van der Waals surface area (Å²) in [6.07, 6.45) is -4.49. The Bertz CT molecular complexity index is 172. The van der Waals surface area contributed by atoms with Crippen LogP contribution in [-0.4, -0.2) is 64.7 Å². The highest BCUT2D eigenvalue weighted by Gasteiger charge is 2.42. The fourth-order valence-electron chi connectivity index (χ4n) is 1.41. The molecule has 1 unspecified atom stereocenters. The lowest BCUT2D eigenvalue weighted by atomic mass is 9.97. The van der Waals surface area contributed by atoms with Gasteiger partial charge in [0.1, 0.15) is 18.3 Å². The summed E-state index contributed by atoms with van der Waals surface area (Å²) in [7, 11) is 1.53. The summed E-state index contributed by atoms with van der Waals surface area (Å²) in [5, 5.41) is 39.4. The SMILES string of the molecule is CN[C@H]1C(O)O[C@H](CO)[C@@H](O)[C@@H]1O.Cl. The first kappa shape index (κ1) is 14.1. The molecule has 0 saturated carbocycles. The Labute approximate surface area is 87.9 Å². The molecule has 14 heavy (non-hydrogen) atoms. The number of ether oxygens (including phenoxy) is 1. The van der Waals surface area contributed by atoms with Crippen molar-refractivity contribution < 1.29 is 25.2 Å². The molecule has 0 bridgehead atoms. The van der Waals surface area contributed by atoms with Gasteiger partial charge in [0.25, 0.3) is 0 Å². The fourth-order valence-corrected chi connectivity index (χ4v) is 1.41. The van der Waals surface area contributed by atoms with E-state index in [1.165, 1.54) is 7.05 Å². The van der Waals surface area contributed by atoms with Crippen LogP contribution in [0.1, 0.15) is 0 Å². The van der Waals surface area contributed by atoms with E-state index < -0.39 is 37.3 Å². The van der Waals surface area contributed by atoms with Gasteiger partial charge in [-0.25, -0.2) is 0 Å². The average Bonchev–Trinajstić information content (AvgIpc) is 2.12. The van der Waals surface area contributed by atoms with Crippen molar-refractivity contribution in [3.63, 3.8) is 0 Å². The number of hydrogen-bond donors (Lipinski definition) is 5. The van der Waals surface area contributed by atoms with E-state index in [0.717, 1.165) is 0 Å². The molecule has 0 aromatic rings. The Morgan fingerprint density at radius 2 is 1.79 bits per heavy atom. The molecule has 7 heteroatoms. The highest BCUT2D eigenvalue weighted by atomic mass is 35.5. The van der Waals surface area contributed by atoms with Gasteiger partial charge in [0.15, 0.2) is 6.29 Å². The fraction of sp³-hybridized carbons (Fsp3) is 1.00. The predicted molar refractivity (Wildman–Crippen MR) is 50.1 cm³/mol. The minimum Gasteiger partial charge on any atom is -0.394 e. The lowest BCUT2D eigenvalue weighted by molar-refractivity contribution is -0.253. The van der Waals surface area contributed by atoms with E-state index in [-0.39, 0.29) is 12.4 Å². The minimum absolute atomic E-state index is 0. The van der Waals surface area contributed by atoms with E-state index in [9.17, 15) is 15.3 Å². The maximum atomic E-state index is 9.45. The number of aliphatic hydroxyl groups excluding tert-OH is 4. The van der Waals surface area contributed by atoms with Crippen molar-refractivity contribution in [3.8, 4) is 0 Å². The van der Waals surface area contributed by atoms with E-state index in [0.29, 0.717) is 0 Å². The van der Waals surface area contributed by atoms with Gasteiger partial charge in [-0.15, -0.1) is 12.4 Å². The van der Waals surface area contributed by atoms with E-state index in [4.69, 9.17) is 9.84 Å². The molecule has 0 aromatic carbocycles. The molecule has 0 aliphatic carbocycles. The van der Waals surface area contributed by atoms with Crippen LogP contribution < -0.4 is 5.32 Å². The van der Waals surface area contributed by atoms with Crippen LogP contribution in [0, 0.1) is 0 Å². The monoisotopic (exact) mass is 229 g/mol. The molecule has 1 saturated heterocycles. The number of rotatable bonds is 2. The predicted octanol–water partition coefficient (Wildman–Crippen LogP) is -2.57. The van der Waals surface area contributed by atoms with Crippen molar-refractivity contribution in [3.05, 3.63) is 0 Å².